The average Bonchev–Trinajstić information content (AvgIpc) is 2.95. The zero-order valence-corrected chi connectivity index (χ0v) is 23.6. The van der Waals surface area contributed by atoms with Crippen LogP contribution in [0.2, 0.25) is 0 Å². The molecule has 1 atom stereocenters. The van der Waals surface area contributed by atoms with Gasteiger partial charge in [-0.3, -0.25) is 4.79 Å². The van der Waals surface area contributed by atoms with Crippen molar-refractivity contribution in [1.29, 1.82) is 0 Å². The standard InChI is InChI=1S/C31H41N5OS/c1-3-34(4-2)16-8-11-27(38)22-25-12-14-29-26(21-25)13-15-30(33-29)35-17-19-36(20-18-35)31(37)28(32)23-24-9-6-5-7-10-24/h5-7,9-10,12-15,21,28H,3-4,8,11,16-20,22-23,32H2,1-2H3/t28-/m0/s1. The van der Waals surface area contributed by atoms with E-state index in [0.29, 0.717) is 19.5 Å². The maximum Gasteiger partial charge on any atom is 0.239 e. The van der Waals surface area contributed by atoms with Gasteiger partial charge >= 0.3 is 0 Å². The van der Waals surface area contributed by atoms with Gasteiger partial charge in [-0.2, -0.15) is 0 Å². The molecule has 1 aliphatic heterocycles. The molecule has 7 heteroatoms. The van der Waals surface area contributed by atoms with Crippen LogP contribution in [0.4, 0.5) is 5.82 Å². The molecule has 0 unspecified atom stereocenters. The summed E-state index contributed by atoms with van der Waals surface area (Å²) in [5, 5.41) is 1.14. The number of benzene rings is 2. The molecule has 0 aliphatic carbocycles. The predicted octanol–water partition coefficient (Wildman–Crippen LogP) is 4.49. The molecule has 0 spiro atoms. The number of carbonyl (C=O) groups is 1. The van der Waals surface area contributed by atoms with Crippen LogP contribution in [0.25, 0.3) is 10.9 Å². The van der Waals surface area contributed by atoms with E-state index >= 15 is 0 Å². The summed E-state index contributed by atoms with van der Waals surface area (Å²) < 4.78 is 0. The molecule has 202 valence electrons. The Balaban J connectivity index is 1.28. The van der Waals surface area contributed by atoms with Crippen LogP contribution in [0.1, 0.15) is 37.8 Å². The molecule has 2 N–H and O–H groups in total. The Morgan fingerprint density at radius 1 is 1.00 bits per heavy atom. The van der Waals surface area contributed by atoms with E-state index in [1.54, 1.807) is 0 Å². The fourth-order valence-corrected chi connectivity index (χ4v) is 5.46. The van der Waals surface area contributed by atoms with E-state index in [1.165, 1.54) is 5.56 Å². The number of hydrogen-bond donors (Lipinski definition) is 1. The summed E-state index contributed by atoms with van der Waals surface area (Å²) in [4.78, 5) is 25.5. The Labute approximate surface area is 232 Å². The number of thiocarbonyl (C=S) groups is 1. The number of aromatic nitrogens is 1. The van der Waals surface area contributed by atoms with Gasteiger partial charge in [0.05, 0.1) is 11.6 Å². The molecule has 38 heavy (non-hydrogen) atoms. The van der Waals surface area contributed by atoms with Crippen LogP contribution in [-0.2, 0) is 17.6 Å². The van der Waals surface area contributed by atoms with Gasteiger partial charge in [-0.1, -0.05) is 62.5 Å². The lowest BCUT2D eigenvalue weighted by molar-refractivity contribution is -0.132. The molecule has 1 aliphatic rings. The number of piperazine rings is 1. The summed E-state index contributed by atoms with van der Waals surface area (Å²) in [5.41, 5.74) is 9.58. The highest BCUT2D eigenvalue weighted by atomic mass is 32.1. The molecule has 4 rings (SSSR count). The summed E-state index contributed by atoms with van der Waals surface area (Å²) >= 11 is 5.69. The van der Waals surface area contributed by atoms with Gasteiger partial charge in [0.1, 0.15) is 5.82 Å². The lowest BCUT2D eigenvalue weighted by atomic mass is 10.0. The minimum absolute atomic E-state index is 0.0264. The third-order valence-electron chi connectivity index (χ3n) is 7.50. The second kappa shape index (κ2) is 13.8. The van der Waals surface area contributed by atoms with Crippen molar-refractivity contribution in [3.05, 3.63) is 71.8 Å². The van der Waals surface area contributed by atoms with Crippen molar-refractivity contribution in [3.63, 3.8) is 0 Å². The van der Waals surface area contributed by atoms with Crippen molar-refractivity contribution in [3.8, 4) is 0 Å². The maximum absolute atomic E-state index is 12.9. The molecule has 0 saturated carbocycles. The summed E-state index contributed by atoms with van der Waals surface area (Å²) in [6.07, 6.45) is 3.52. The van der Waals surface area contributed by atoms with Crippen molar-refractivity contribution >= 4 is 39.7 Å². The maximum atomic E-state index is 12.9. The molecule has 6 nitrogen and oxygen atoms in total. The predicted molar refractivity (Wildman–Crippen MR) is 162 cm³/mol. The molecule has 0 bridgehead atoms. The quantitative estimate of drug-likeness (QED) is 0.348. The van der Waals surface area contributed by atoms with Crippen LogP contribution in [0.5, 0.6) is 0 Å². The van der Waals surface area contributed by atoms with Crippen LogP contribution in [0.15, 0.2) is 60.7 Å². The first-order valence-corrected chi connectivity index (χ1v) is 14.3. The molecule has 2 heterocycles. The number of hydrogen-bond acceptors (Lipinski definition) is 6. The lowest BCUT2D eigenvalue weighted by Crippen LogP contribution is -2.53. The van der Waals surface area contributed by atoms with Crippen molar-refractivity contribution in [2.45, 2.75) is 45.6 Å². The van der Waals surface area contributed by atoms with Gasteiger partial charge in [0, 0.05) is 38.0 Å². The number of fused-ring (bicyclic) bond motifs is 1. The van der Waals surface area contributed by atoms with Gasteiger partial charge in [-0.15, -0.1) is 0 Å². The zero-order valence-electron chi connectivity index (χ0n) is 22.8. The Morgan fingerprint density at radius 2 is 1.74 bits per heavy atom. The minimum atomic E-state index is -0.507. The van der Waals surface area contributed by atoms with Gasteiger partial charge in [0.25, 0.3) is 0 Å². The van der Waals surface area contributed by atoms with Crippen LogP contribution >= 0.6 is 12.2 Å². The molecule has 1 amide bonds. The number of nitrogens with two attached hydrogens (primary N) is 1. The van der Waals surface area contributed by atoms with Crippen LogP contribution in [-0.4, -0.2) is 77.4 Å². The molecular weight excluding hydrogens is 490 g/mol. The van der Waals surface area contributed by atoms with Crippen molar-refractivity contribution in [1.82, 2.24) is 14.8 Å². The summed E-state index contributed by atoms with van der Waals surface area (Å²) in [6.45, 7) is 10.5. The molecule has 1 fully saturated rings. The van der Waals surface area contributed by atoms with E-state index in [0.717, 1.165) is 79.1 Å². The van der Waals surface area contributed by atoms with Crippen LogP contribution in [0, 0.1) is 0 Å². The van der Waals surface area contributed by atoms with Crippen LogP contribution in [0.3, 0.4) is 0 Å². The minimum Gasteiger partial charge on any atom is -0.353 e. The van der Waals surface area contributed by atoms with Gasteiger partial charge < -0.3 is 20.4 Å². The topological polar surface area (TPSA) is 65.7 Å². The molecule has 1 saturated heterocycles. The number of rotatable bonds is 12. The summed E-state index contributed by atoms with van der Waals surface area (Å²) in [5.74, 6) is 0.983. The smallest absolute Gasteiger partial charge is 0.239 e. The average molecular weight is 532 g/mol. The fourth-order valence-electron chi connectivity index (χ4n) is 5.15. The first kappa shape index (κ1) is 28.1. The van der Waals surface area contributed by atoms with E-state index < -0.39 is 6.04 Å². The molecular formula is C31H41N5OS. The molecule has 3 aromatic rings. The number of pyridine rings is 1. The second-order valence-electron chi connectivity index (χ2n) is 10.2. The highest BCUT2D eigenvalue weighted by Crippen LogP contribution is 2.22. The Morgan fingerprint density at radius 3 is 2.45 bits per heavy atom. The van der Waals surface area contributed by atoms with E-state index in [2.05, 4.69) is 54.0 Å². The molecule has 2 aromatic carbocycles. The van der Waals surface area contributed by atoms with Gasteiger partial charge in [0.15, 0.2) is 0 Å². The number of carbonyl (C=O) groups excluding carboxylic acids is 1. The van der Waals surface area contributed by atoms with Crippen molar-refractivity contribution in [2.24, 2.45) is 5.73 Å². The number of nitrogens with zero attached hydrogens (tertiary/aromatic N) is 4. The monoisotopic (exact) mass is 531 g/mol. The van der Waals surface area contributed by atoms with E-state index in [9.17, 15) is 4.79 Å². The summed E-state index contributed by atoms with van der Waals surface area (Å²) in [7, 11) is 0. The third kappa shape index (κ3) is 7.59. The lowest BCUT2D eigenvalue weighted by Gasteiger charge is -2.36. The van der Waals surface area contributed by atoms with Crippen molar-refractivity contribution < 1.29 is 4.79 Å². The SMILES string of the molecule is CCN(CC)CCCC(=S)Cc1ccc2nc(N3CCN(C(=O)[C@@H](N)Cc4ccccc4)CC3)ccc2c1. The number of amides is 1. The third-order valence-corrected chi connectivity index (χ3v) is 7.84. The number of anilines is 1. The fraction of sp³-hybridized carbons (Fsp3) is 0.452. The van der Waals surface area contributed by atoms with Gasteiger partial charge in [0.2, 0.25) is 5.91 Å². The highest BCUT2D eigenvalue weighted by molar-refractivity contribution is 7.80. The van der Waals surface area contributed by atoms with E-state index in [1.807, 2.05) is 35.2 Å². The molecule has 1 aromatic heterocycles. The Hall–Kier alpha value is -2.87. The highest BCUT2D eigenvalue weighted by Gasteiger charge is 2.26. The first-order valence-electron chi connectivity index (χ1n) is 13.9. The van der Waals surface area contributed by atoms with E-state index in [4.69, 9.17) is 22.9 Å². The first-order chi connectivity index (χ1) is 18.5. The van der Waals surface area contributed by atoms with E-state index in [-0.39, 0.29) is 5.91 Å². The second-order valence-corrected chi connectivity index (χ2v) is 10.7. The van der Waals surface area contributed by atoms with Gasteiger partial charge in [-0.25, -0.2) is 4.98 Å². The van der Waals surface area contributed by atoms with Crippen LogP contribution < -0.4 is 10.6 Å². The molecule has 0 radical (unpaired) electrons. The summed E-state index contributed by atoms with van der Waals surface area (Å²) in [6, 6.07) is 20.2. The van der Waals surface area contributed by atoms with Gasteiger partial charge in [-0.05, 0) is 79.2 Å². The van der Waals surface area contributed by atoms with Crippen molar-refractivity contribution in [2.75, 3.05) is 50.7 Å². The largest absolute Gasteiger partial charge is 0.353 e. The normalized spacial score (nSPS) is 14.7. The zero-order chi connectivity index (χ0) is 26.9. The Bertz CT molecular complexity index is 1210. The Kier molecular flexibility index (Phi) is 10.2.